The molecule has 0 aromatic heterocycles. The minimum atomic E-state index is -1.11. The molecule has 6 heteroatoms. The fourth-order valence-corrected chi connectivity index (χ4v) is 1.38. The number of rotatable bonds is 4. The van der Waals surface area contributed by atoms with Crippen LogP contribution in [0.3, 0.4) is 0 Å². The monoisotopic (exact) mass is 266 g/mol. The highest BCUT2D eigenvalue weighted by Gasteiger charge is 2.17. The van der Waals surface area contributed by atoms with Crippen LogP contribution < -0.4 is 10.1 Å². The lowest BCUT2D eigenvalue weighted by Crippen LogP contribution is -2.36. The highest BCUT2D eigenvalue weighted by Crippen LogP contribution is 2.23. The molecule has 0 radical (unpaired) electrons. The molecule has 0 saturated carbocycles. The molecule has 19 heavy (non-hydrogen) atoms. The molecule has 0 aliphatic rings. The predicted molar refractivity (Wildman–Crippen MR) is 71.9 cm³/mol. The number of carboxylic acids is 1. The smallest absolute Gasteiger partial charge is 0.337 e. The van der Waals surface area contributed by atoms with E-state index in [1.54, 1.807) is 7.05 Å². The lowest BCUT2D eigenvalue weighted by molar-refractivity contribution is 0.0698. The molecule has 0 heterocycles. The fourth-order valence-electron chi connectivity index (χ4n) is 1.38. The molecule has 2 amide bonds. The molecule has 0 bridgehead atoms. The van der Waals surface area contributed by atoms with Crippen molar-refractivity contribution in [2.75, 3.05) is 19.5 Å². The number of carbonyl (C=O) groups is 2. The Bertz CT molecular complexity index is 486. The van der Waals surface area contributed by atoms with Gasteiger partial charge >= 0.3 is 12.0 Å². The van der Waals surface area contributed by atoms with Crippen LogP contribution in [-0.2, 0) is 0 Å². The number of nitrogens with zero attached hydrogens (tertiary/aromatic N) is 1. The van der Waals surface area contributed by atoms with Crippen LogP contribution >= 0.6 is 0 Å². The minimum Gasteiger partial charge on any atom is -0.497 e. The van der Waals surface area contributed by atoms with Crippen LogP contribution in [0.25, 0.3) is 0 Å². The van der Waals surface area contributed by atoms with Gasteiger partial charge in [0.2, 0.25) is 0 Å². The van der Waals surface area contributed by atoms with Crippen LogP contribution in [0.5, 0.6) is 5.75 Å². The quantitative estimate of drug-likeness (QED) is 0.876. The van der Waals surface area contributed by atoms with Gasteiger partial charge in [-0.1, -0.05) is 0 Å². The van der Waals surface area contributed by atoms with E-state index in [1.165, 1.54) is 30.2 Å². The van der Waals surface area contributed by atoms with E-state index < -0.39 is 5.97 Å². The minimum absolute atomic E-state index is 0.0129. The van der Waals surface area contributed by atoms with Gasteiger partial charge in [-0.3, -0.25) is 0 Å². The number of hydrogen-bond donors (Lipinski definition) is 2. The Balaban J connectivity index is 3.04. The zero-order chi connectivity index (χ0) is 14.6. The van der Waals surface area contributed by atoms with E-state index in [1.807, 2.05) is 13.8 Å². The van der Waals surface area contributed by atoms with Crippen molar-refractivity contribution in [2.45, 2.75) is 19.9 Å². The highest BCUT2D eigenvalue weighted by atomic mass is 16.5. The van der Waals surface area contributed by atoms with Crippen LogP contribution in [0.1, 0.15) is 24.2 Å². The van der Waals surface area contributed by atoms with E-state index in [0.29, 0.717) is 5.75 Å². The van der Waals surface area contributed by atoms with E-state index in [2.05, 4.69) is 5.32 Å². The largest absolute Gasteiger partial charge is 0.497 e. The van der Waals surface area contributed by atoms with Gasteiger partial charge in [-0.25, -0.2) is 9.59 Å². The zero-order valence-corrected chi connectivity index (χ0v) is 11.4. The van der Waals surface area contributed by atoms with Gasteiger partial charge in [-0.2, -0.15) is 0 Å². The summed E-state index contributed by atoms with van der Waals surface area (Å²) >= 11 is 0. The van der Waals surface area contributed by atoms with Crippen molar-refractivity contribution < 1.29 is 19.4 Å². The van der Waals surface area contributed by atoms with Gasteiger partial charge in [0.05, 0.1) is 18.4 Å². The number of aromatic carboxylic acids is 1. The van der Waals surface area contributed by atoms with E-state index in [4.69, 9.17) is 9.84 Å². The molecule has 2 N–H and O–H groups in total. The lowest BCUT2D eigenvalue weighted by Gasteiger charge is -2.22. The maximum atomic E-state index is 11.9. The topological polar surface area (TPSA) is 78.9 Å². The van der Waals surface area contributed by atoms with Gasteiger partial charge in [0.1, 0.15) is 5.75 Å². The first-order valence-corrected chi connectivity index (χ1v) is 5.82. The number of carboxylic acid groups (broad SMARTS) is 1. The maximum absolute atomic E-state index is 11.9. The Morgan fingerprint density at radius 2 is 2.00 bits per heavy atom. The maximum Gasteiger partial charge on any atom is 0.337 e. The van der Waals surface area contributed by atoms with Crippen LogP contribution in [0.4, 0.5) is 10.5 Å². The molecule has 6 nitrogen and oxygen atoms in total. The normalized spacial score (nSPS) is 10.2. The third kappa shape index (κ3) is 3.61. The molecule has 0 fully saturated rings. The van der Waals surface area contributed by atoms with Crippen LogP contribution in [0.15, 0.2) is 18.2 Å². The molecule has 0 aliphatic carbocycles. The standard InChI is InChI=1S/C13H18N2O4/c1-8(2)15(3)13(18)14-11-7-9(19-4)5-6-10(11)12(16)17/h5-8H,1-4H3,(H,14,18)(H,16,17). The Hall–Kier alpha value is -2.24. The van der Waals surface area contributed by atoms with E-state index >= 15 is 0 Å². The van der Waals surface area contributed by atoms with E-state index in [-0.39, 0.29) is 23.3 Å². The van der Waals surface area contributed by atoms with Crippen molar-refractivity contribution in [3.05, 3.63) is 23.8 Å². The number of urea groups is 1. The van der Waals surface area contributed by atoms with Crippen LogP contribution in [-0.4, -0.2) is 42.2 Å². The SMILES string of the molecule is COc1ccc(C(=O)O)c(NC(=O)N(C)C(C)C)c1. The number of nitrogens with one attached hydrogen (secondary N) is 1. The summed E-state index contributed by atoms with van der Waals surface area (Å²) in [5.74, 6) is -0.627. The molecule has 1 aromatic carbocycles. The average Bonchev–Trinajstić information content (AvgIpc) is 2.36. The second kappa shape index (κ2) is 6.08. The molecule has 0 saturated heterocycles. The van der Waals surface area contributed by atoms with E-state index in [0.717, 1.165) is 0 Å². The molecule has 0 aliphatic heterocycles. The summed E-state index contributed by atoms with van der Waals surface area (Å²) in [6, 6.07) is 4.05. The predicted octanol–water partition coefficient (Wildman–Crippen LogP) is 2.27. The first-order chi connectivity index (χ1) is 8.86. The molecule has 0 spiro atoms. The Kier molecular flexibility index (Phi) is 4.74. The molecule has 104 valence electrons. The van der Waals surface area contributed by atoms with Crippen molar-refractivity contribution in [1.82, 2.24) is 4.90 Å². The number of carbonyl (C=O) groups excluding carboxylic acids is 1. The molecule has 0 unspecified atom stereocenters. The number of amides is 2. The first-order valence-electron chi connectivity index (χ1n) is 5.82. The van der Waals surface area contributed by atoms with Crippen LogP contribution in [0.2, 0.25) is 0 Å². The molecular formula is C13H18N2O4. The lowest BCUT2D eigenvalue weighted by atomic mass is 10.1. The number of hydrogen-bond acceptors (Lipinski definition) is 3. The molecule has 1 rings (SSSR count). The third-order valence-electron chi connectivity index (χ3n) is 2.79. The number of methoxy groups -OCH3 is 1. The summed E-state index contributed by atoms with van der Waals surface area (Å²) in [6.45, 7) is 3.73. The molecular weight excluding hydrogens is 248 g/mol. The number of benzene rings is 1. The van der Waals surface area contributed by atoms with E-state index in [9.17, 15) is 9.59 Å². The van der Waals surface area contributed by atoms with Crippen molar-refractivity contribution in [3.8, 4) is 5.75 Å². The van der Waals surface area contributed by atoms with Gasteiger partial charge in [-0.15, -0.1) is 0 Å². The summed E-state index contributed by atoms with van der Waals surface area (Å²) < 4.78 is 5.02. The second-order valence-corrected chi connectivity index (χ2v) is 4.35. The zero-order valence-electron chi connectivity index (χ0n) is 11.4. The second-order valence-electron chi connectivity index (χ2n) is 4.35. The molecule has 0 atom stereocenters. The summed E-state index contributed by atoms with van der Waals surface area (Å²) in [7, 11) is 3.11. The Labute approximate surface area is 112 Å². The van der Waals surface area contributed by atoms with Gasteiger partial charge < -0.3 is 20.1 Å². The first kappa shape index (κ1) is 14.8. The van der Waals surface area contributed by atoms with Gasteiger partial charge in [0, 0.05) is 19.2 Å². The summed E-state index contributed by atoms with van der Waals surface area (Å²) in [4.78, 5) is 24.5. The third-order valence-corrected chi connectivity index (χ3v) is 2.79. The van der Waals surface area contributed by atoms with Crippen LogP contribution in [0, 0.1) is 0 Å². The van der Waals surface area contributed by atoms with Crippen molar-refractivity contribution in [2.24, 2.45) is 0 Å². The van der Waals surface area contributed by atoms with Crippen molar-refractivity contribution in [1.29, 1.82) is 0 Å². The number of ether oxygens (including phenoxy) is 1. The van der Waals surface area contributed by atoms with Crippen molar-refractivity contribution >= 4 is 17.7 Å². The Morgan fingerprint density at radius 3 is 2.47 bits per heavy atom. The summed E-state index contributed by atoms with van der Waals surface area (Å²) in [6.07, 6.45) is 0. The Morgan fingerprint density at radius 1 is 1.37 bits per heavy atom. The molecule has 1 aromatic rings. The number of anilines is 1. The average molecular weight is 266 g/mol. The summed E-state index contributed by atoms with van der Waals surface area (Å²) in [5, 5.41) is 11.7. The highest BCUT2D eigenvalue weighted by molar-refractivity contribution is 6.00. The fraction of sp³-hybridized carbons (Fsp3) is 0.385. The summed E-state index contributed by atoms with van der Waals surface area (Å²) in [5.41, 5.74) is 0.232. The van der Waals surface area contributed by atoms with Gasteiger partial charge in [0.25, 0.3) is 0 Å². The van der Waals surface area contributed by atoms with Gasteiger partial charge in [-0.05, 0) is 26.0 Å². The van der Waals surface area contributed by atoms with Gasteiger partial charge in [0.15, 0.2) is 0 Å². The van der Waals surface area contributed by atoms with Crippen molar-refractivity contribution in [3.63, 3.8) is 0 Å².